The van der Waals surface area contributed by atoms with Crippen molar-refractivity contribution in [3.05, 3.63) is 29.8 Å². The molecule has 0 aliphatic carbocycles. The number of carbonyl (C=O) groups is 2. The van der Waals surface area contributed by atoms with Gasteiger partial charge in [-0.3, -0.25) is 14.5 Å². The Morgan fingerprint density at radius 3 is 2.57 bits per heavy atom. The number of amides is 1. The highest BCUT2D eigenvalue weighted by Crippen LogP contribution is 2.26. The van der Waals surface area contributed by atoms with E-state index in [1.165, 1.54) is 5.56 Å². The summed E-state index contributed by atoms with van der Waals surface area (Å²) in [4.78, 5) is 26.9. The monoisotopic (exact) mass is 289 g/mol. The molecule has 2 aliphatic rings. The van der Waals surface area contributed by atoms with E-state index in [9.17, 15) is 9.59 Å². The molecule has 2 heterocycles. The molecular weight excluding hydrogens is 270 g/mol. The largest absolute Gasteiger partial charge is 0.480 e. The predicted octanol–water partition coefficient (Wildman–Crippen LogP) is 0.252. The van der Waals surface area contributed by atoms with Gasteiger partial charge in [-0.25, -0.2) is 0 Å². The van der Waals surface area contributed by atoms with Gasteiger partial charge in [0.15, 0.2) is 0 Å². The zero-order valence-corrected chi connectivity index (χ0v) is 11.8. The van der Waals surface area contributed by atoms with E-state index < -0.39 is 5.97 Å². The number of anilines is 1. The molecule has 3 rings (SSSR count). The lowest BCUT2D eigenvalue weighted by Gasteiger charge is -2.35. The van der Waals surface area contributed by atoms with Crippen LogP contribution in [0.15, 0.2) is 24.3 Å². The fourth-order valence-electron chi connectivity index (χ4n) is 2.98. The van der Waals surface area contributed by atoms with Gasteiger partial charge < -0.3 is 15.3 Å². The fraction of sp³-hybridized carbons (Fsp3) is 0.467. The summed E-state index contributed by atoms with van der Waals surface area (Å²) in [6, 6.07) is 7.79. The van der Waals surface area contributed by atoms with E-state index in [-0.39, 0.29) is 18.5 Å². The van der Waals surface area contributed by atoms with Gasteiger partial charge in [0, 0.05) is 38.3 Å². The first-order valence-corrected chi connectivity index (χ1v) is 7.21. The van der Waals surface area contributed by atoms with Crippen molar-refractivity contribution in [2.45, 2.75) is 12.5 Å². The number of piperazine rings is 1. The molecule has 0 bridgehead atoms. The molecule has 6 heteroatoms. The number of aliphatic carboxylic acids is 1. The second kappa shape index (κ2) is 5.73. The second-order valence-electron chi connectivity index (χ2n) is 5.55. The Labute approximate surface area is 123 Å². The van der Waals surface area contributed by atoms with Crippen LogP contribution in [0, 0.1) is 0 Å². The molecule has 1 fully saturated rings. The van der Waals surface area contributed by atoms with Gasteiger partial charge in [0.1, 0.15) is 6.04 Å². The number of carboxylic acid groups (broad SMARTS) is 1. The quantitative estimate of drug-likeness (QED) is 0.834. The van der Waals surface area contributed by atoms with Crippen molar-refractivity contribution in [1.82, 2.24) is 9.80 Å². The summed E-state index contributed by atoms with van der Waals surface area (Å²) < 4.78 is 0. The summed E-state index contributed by atoms with van der Waals surface area (Å²) in [5.74, 6) is -0.705. The van der Waals surface area contributed by atoms with Crippen LogP contribution in [0.2, 0.25) is 0 Å². The van der Waals surface area contributed by atoms with E-state index in [1.54, 1.807) is 0 Å². The van der Waals surface area contributed by atoms with Crippen molar-refractivity contribution in [2.75, 3.05) is 38.0 Å². The van der Waals surface area contributed by atoms with Crippen LogP contribution in [0.25, 0.3) is 0 Å². The van der Waals surface area contributed by atoms with E-state index in [0.29, 0.717) is 26.2 Å². The van der Waals surface area contributed by atoms with E-state index in [4.69, 9.17) is 5.11 Å². The van der Waals surface area contributed by atoms with Crippen molar-refractivity contribution in [2.24, 2.45) is 0 Å². The number of carboxylic acids is 1. The number of rotatable bonds is 3. The molecular formula is C15H19N3O3. The zero-order valence-electron chi connectivity index (χ0n) is 11.8. The molecule has 1 atom stereocenters. The summed E-state index contributed by atoms with van der Waals surface area (Å²) in [5, 5.41) is 12.1. The topological polar surface area (TPSA) is 72.9 Å². The standard InChI is InChI=1S/C15H19N3O3/c19-14(20)10-17-5-7-18(8-6-17)15(21)13-9-11-3-1-2-4-12(11)16-13/h1-4,13,16H,5-10H2,(H,19,20). The van der Waals surface area contributed by atoms with E-state index in [2.05, 4.69) is 5.32 Å². The molecule has 0 saturated carbocycles. The van der Waals surface area contributed by atoms with Crippen molar-refractivity contribution in [3.8, 4) is 0 Å². The maximum absolute atomic E-state index is 12.5. The van der Waals surface area contributed by atoms with Gasteiger partial charge in [-0.1, -0.05) is 18.2 Å². The van der Waals surface area contributed by atoms with Gasteiger partial charge in [-0.05, 0) is 11.6 Å². The van der Waals surface area contributed by atoms with Gasteiger partial charge in [0.05, 0.1) is 6.54 Å². The zero-order chi connectivity index (χ0) is 14.8. The SMILES string of the molecule is O=C(O)CN1CCN(C(=O)C2Cc3ccccc3N2)CC1. The smallest absolute Gasteiger partial charge is 0.317 e. The molecule has 6 nitrogen and oxygen atoms in total. The highest BCUT2D eigenvalue weighted by molar-refractivity contribution is 5.87. The van der Waals surface area contributed by atoms with Gasteiger partial charge in [0.25, 0.3) is 0 Å². The van der Waals surface area contributed by atoms with Gasteiger partial charge in [-0.15, -0.1) is 0 Å². The van der Waals surface area contributed by atoms with Crippen molar-refractivity contribution >= 4 is 17.6 Å². The predicted molar refractivity (Wildman–Crippen MR) is 78.2 cm³/mol. The van der Waals surface area contributed by atoms with Crippen LogP contribution in [0.5, 0.6) is 0 Å². The van der Waals surface area contributed by atoms with Crippen LogP contribution in [-0.2, 0) is 16.0 Å². The van der Waals surface area contributed by atoms with Crippen LogP contribution in [0.1, 0.15) is 5.56 Å². The molecule has 2 N–H and O–H groups in total. The van der Waals surface area contributed by atoms with Crippen LogP contribution >= 0.6 is 0 Å². The summed E-state index contributed by atoms with van der Waals surface area (Å²) in [5.41, 5.74) is 2.22. The maximum Gasteiger partial charge on any atom is 0.317 e. The average Bonchev–Trinajstić information content (AvgIpc) is 2.90. The van der Waals surface area contributed by atoms with E-state index >= 15 is 0 Å². The highest BCUT2D eigenvalue weighted by Gasteiger charge is 2.31. The molecule has 0 spiro atoms. The number of nitrogens with one attached hydrogen (secondary N) is 1. The second-order valence-corrected chi connectivity index (χ2v) is 5.55. The number of nitrogens with zero attached hydrogens (tertiary/aromatic N) is 2. The minimum atomic E-state index is -0.817. The Morgan fingerprint density at radius 1 is 1.19 bits per heavy atom. The van der Waals surface area contributed by atoms with Gasteiger partial charge >= 0.3 is 5.97 Å². The molecule has 2 aliphatic heterocycles. The number of hydrogen-bond acceptors (Lipinski definition) is 4. The minimum Gasteiger partial charge on any atom is -0.480 e. The van der Waals surface area contributed by atoms with E-state index in [0.717, 1.165) is 12.1 Å². The average molecular weight is 289 g/mol. The summed E-state index contributed by atoms with van der Waals surface area (Å²) in [7, 11) is 0. The lowest BCUT2D eigenvalue weighted by atomic mass is 10.1. The molecule has 1 aromatic carbocycles. The Morgan fingerprint density at radius 2 is 1.90 bits per heavy atom. The molecule has 0 aromatic heterocycles. The third-order valence-corrected chi connectivity index (χ3v) is 4.11. The Bertz CT molecular complexity index is 528. The van der Waals surface area contributed by atoms with Gasteiger partial charge in [0.2, 0.25) is 5.91 Å². The van der Waals surface area contributed by atoms with Crippen LogP contribution in [-0.4, -0.2) is 65.5 Å². The molecule has 112 valence electrons. The Hall–Kier alpha value is -2.08. The summed E-state index contributed by atoms with van der Waals surface area (Å²) >= 11 is 0. The van der Waals surface area contributed by atoms with Gasteiger partial charge in [-0.2, -0.15) is 0 Å². The minimum absolute atomic E-state index is 0.0507. The van der Waals surface area contributed by atoms with E-state index in [1.807, 2.05) is 34.1 Å². The normalized spacial score (nSPS) is 21.7. The molecule has 1 amide bonds. The molecule has 1 saturated heterocycles. The number of hydrogen-bond donors (Lipinski definition) is 2. The first-order chi connectivity index (χ1) is 10.1. The first-order valence-electron chi connectivity index (χ1n) is 7.21. The molecule has 1 unspecified atom stereocenters. The Balaban J connectivity index is 1.55. The van der Waals surface area contributed by atoms with Crippen LogP contribution in [0.3, 0.4) is 0 Å². The first kappa shape index (κ1) is 13.9. The number of fused-ring (bicyclic) bond motifs is 1. The fourth-order valence-corrected chi connectivity index (χ4v) is 2.98. The third-order valence-electron chi connectivity index (χ3n) is 4.11. The highest BCUT2D eigenvalue weighted by atomic mass is 16.4. The maximum atomic E-state index is 12.5. The molecule has 21 heavy (non-hydrogen) atoms. The number of para-hydroxylation sites is 1. The van der Waals surface area contributed by atoms with Crippen LogP contribution < -0.4 is 5.32 Å². The third kappa shape index (κ3) is 3.00. The number of carbonyl (C=O) groups excluding carboxylic acids is 1. The number of benzene rings is 1. The summed E-state index contributed by atoms with van der Waals surface area (Å²) in [6.07, 6.45) is 0.727. The van der Waals surface area contributed by atoms with Crippen molar-refractivity contribution in [3.63, 3.8) is 0 Å². The van der Waals surface area contributed by atoms with Crippen LogP contribution in [0.4, 0.5) is 5.69 Å². The lowest BCUT2D eigenvalue weighted by Crippen LogP contribution is -2.53. The Kier molecular flexibility index (Phi) is 3.79. The molecule has 1 aromatic rings. The van der Waals surface area contributed by atoms with Crippen molar-refractivity contribution < 1.29 is 14.7 Å². The lowest BCUT2D eigenvalue weighted by molar-refractivity contribution is -0.139. The molecule has 0 radical (unpaired) electrons. The van der Waals surface area contributed by atoms with Crippen molar-refractivity contribution in [1.29, 1.82) is 0 Å². The summed E-state index contributed by atoms with van der Waals surface area (Å²) in [6.45, 7) is 2.49.